The van der Waals surface area contributed by atoms with E-state index in [2.05, 4.69) is 25.3 Å². The van der Waals surface area contributed by atoms with E-state index in [0.717, 1.165) is 31.1 Å². The maximum atomic E-state index is 14.8. The van der Waals surface area contributed by atoms with Crippen molar-refractivity contribution in [1.29, 1.82) is 0 Å². The molecule has 0 unspecified atom stereocenters. The SMILES string of the molecule is CC(C)(C[C@]1(c2ccc(-c3cnn(C(F)F)c3)cc2)N=C(N)N([C@H](COC(=O)NC2(C(F)(F)F)CC2)c2ccc(Cl)c(-c3ncn[nH]3)c2)C1=O)C(F)(F)F. The van der Waals surface area contributed by atoms with Crippen molar-refractivity contribution in [3.8, 4) is 22.5 Å². The quantitative estimate of drug-likeness (QED) is 0.135. The second-order valence-corrected chi connectivity index (χ2v) is 13.9. The smallest absolute Gasteiger partial charge is 0.411 e. The molecule has 288 valence electrons. The average Bonchev–Trinajstić information content (AvgIpc) is 3.40. The number of rotatable bonds is 11. The van der Waals surface area contributed by atoms with Crippen LogP contribution in [0.15, 0.2) is 66.2 Å². The molecule has 2 atom stereocenters. The van der Waals surface area contributed by atoms with E-state index in [4.69, 9.17) is 22.1 Å². The Labute approximate surface area is 305 Å². The van der Waals surface area contributed by atoms with Gasteiger partial charge < -0.3 is 15.8 Å². The lowest BCUT2D eigenvalue weighted by molar-refractivity contribution is -0.218. The Morgan fingerprint density at radius 1 is 1.07 bits per heavy atom. The molecule has 0 radical (unpaired) electrons. The van der Waals surface area contributed by atoms with E-state index in [1.165, 1.54) is 48.8 Å². The first-order chi connectivity index (χ1) is 25.2. The summed E-state index contributed by atoms with van der Waals surface area (Å²) in [4.78, 5) is 36.8. The predicted molar refractivity (Wildman–Crippen MR) is 176 cm³/mol. The van der Waals surface area contributed by atoms with Crippen molar-refractivity contribution in [2.24, 2.45) is 16.1 Å². The molecule has 4 N–H and O–H groups in total. The van der Waals surface area contributed by atoms with Crippen LogP contribution in [0.4, 0.5) is 39.9 Å². The topological polar surface area (TPSA) is 156 Å². The number of guanidine groups is 1. The third-order valence-corrected chi connectivity index (χ3v) is 9.78. The van der Waals surface area contributed by atoms with E-state index in [1.54, 1.807) is 0 Å². The zero-order chi connectivity index (χ0) is 39.4. The van der Waals surface area contributed by atoms with Gasteiger partial charge in [0.1, 0.15) is 18.5 Å². The van der Waals surface area contributed by atoms with Crippen LogP contribution in [-0.4, -0.2) is 72.3 Å². The number of carbonyl (C=O) groups is 2. The Kier molecular flexibility index (Phi) is 9.64. The molecule has 12 nitrogen and oxygen atoms in total. The minimum Gasteiger partial charge on any atom is -0.447 e. The van der Waals surface area contributed by atoms with Gasteiger partial charge >= 0.3 is 25.0 Å². The van der Waals surface area contributed by atoms with Crippen LogP contribution < -0.4 is 11.1 Å². The molecule has 2 amide bonds. The lowest BCUT2D eigenvalue weighted by Gasteiger charge is -2.37. The van der Waals surface area contributed by atoms with Gasteiger partial charge in [-0.25, -0.2) is 19.5 Å². The van der Waals surface area contributed by atoms with Crippen molar-refractivity contribution in [3.05, 3.63) is 77.3 Å². The summed E-state index contributed by atoms with van der Waals surface area (Å²) in [6, 6.07) is 8.06. The summed E-state index contributed by atoms with van der Waals surface area (Å²) in [6.07, 6.45) is -9.47. The van der Waals surface area contributed by atoms with Gasteiger partial charge in [-0.15, -0.1) is 0 Å². The highest BCUT2D eigenvalue weighted by Gasteiger charge is 2.65. The standard InChI is InChI=1S/C33H30ClF8N9O3/c1-29(2,32(37,38)39)15-31(20-6-3-17(4-7-20)19-12-46-50(13-19)26(35)36)25(52)51(27(43)47-31)23(14-54-28(53)48-30(9-10-30)33(40,41)42)18-5-8-22(34)21(11-18)24-44-16-45-49-24/h3-8,11-13,16,23,26H,9-10,14-15H2,1-2H3,(H2,43,47)(H,48,53)(H,44,45,49)/t23-,31-/m1/s1. The van der Waals surface area contributed by atoms with Gasteiger partial charge in [0.15, 0.2) is 17.3 Å². The Morgan fingerprint density at radius 2 is 1.76 bits per heavy atom. The number of nitrogens with one attached hydrogen (secondary N) is 2. The van der Waals surface area contributed by atoms with Gasteiger partial charge in [-0.3, -0.25) is 14.8 Å². The molecule has 6 rings (SSSR count). The van der Waals surface area contributed by atoms with Gasteiger partial charge in [-0.2, -0.15) is 45.3 Å². The molecule has 1 aliphatic carbocycles. The highest BCUT2D eigenvalue weighted by Crippen LogP contribution is 2.51. The maximum absolute atomic E-state index is 14.8. The van der Waals surface area contributed by atoms with Gasteiger partial charge in [0.25, 0.3) is 5.91 Å². The minimum absolute atomic E-state index is 0.0583. The number of H-pyrrole nitrogens is 1. The number of nitrogens with zero attached hydrogens (tertiary/aromatic N) is 6. The fourth-order valence-electron chi connectivity index (χ4n) is 6.16. The lowest BCUT2D eigenvalue weighted by atomic mass is 9.74. The van der Waals surface area contributed by atoms with Crippen LogP contribution in [0.1, 0.15) is 56.8 Å². The summed E-state index contributed by atoms with van der Waals surface area (Å²) in [6.45, 7) is -2.04. The van der Waals surface area contributed by atoms with Crippen molar-refractivity contribution >= 4 is 29.6 Å². The predicted octanol–water partition coefficient (Wildman–Crippen LogP) is 7.28. The lowest BCUT2D eigenvalue weighted by Crippen LogP contribution is -2.50. The highest BCUT2D eigenvalue weighted by molar-refractivity contribution is 6.33. The first-order valence-corrected chi connectivity index (χ1v) is 16.4. The molecule has 4 aromatic rings. The van der Waals surface area contributed by atoms with Crippen LogP contribution in [0.2, 0.25) is 5.02 Å². The summed E-state index contributed by atoms with van der Waals surface area (Å²) in [5.41, 5.74) is -0.176. The summed E-state index contributed by atoms with van der Waals surface area (Å²) in [5, 5.41) is 11.9. The second-order valence-electron chi connectivity index (χ2n) is 13.5. The normalized spacial score (nSPS) is 19.2. The molecule has 1 saturated carbocycles. The van der Waals surface area contributed by atoms with Crippen molar-refractivity contribution < 1.29 is 49.4 Å². The molecule has 1 fully saturated rings. The van der Waals surface area contributed by atoms with E-state index in [9.17, 15) is 44.7 Å². The number of aromatic amines is 1. The Balaban J connectivity index is 1.41. The van der Waals surface area contributed by atoms with Gasteiger partial charge in [-0.1, -0.05) is 55.8 Å². The molecular weight excluding hydrogens is 758 g/mol. The molecule has 2 aliphatic rings. The van der Waals surface area contributed by atoms with Crippen molar-refractivity contribution in [2.75, 3.05) is 6.61 Å². The number of ether oxygens (including phenoxy) is 1. The van der Waals surface area contributed by atoms with E-state index < -0.39 is 72.4 Å². The zero-order valence-corrected chi connectivity index (χ0v) is 28.9. The minimum atomic E-state index is -4.86. The first kappa shape index (κ1) is 38.5. The second kappa shape index (κ2) is 13.5. The van der Waals surface area contributed by atoms with Crippen molar-refractivity contribution in [2.45, 2.75) is 69.1 Å². The molecule has 2 aromatic carbocycles. The van der Waals surface area contributed by atoms with Crippen molar-refractivity contribution in [3.63, 3.8) is 0 Å². The van der Waals surface area contributed by atoms with Gasteiger partial charge in [0.2, 0.25) is 0 Å². The van der Waals surface area contributed by atoms with Crippen LogP contribution >= 0.6 is 11.6 Å². The van der Waals surface area contributed by atoms with Crippen LogP contribution in [0.3, 0.4) is 0 Å². The first-order valence-electron chi connectivity index (χ1n) is 16.0. The molecule has 54 heavy (non-hydrogen) atoms. The van der Waals surface area contributed by atoms with Crippen LogP contribution in [0, 0.1) is 5.41 Å². The van der Waals surface area contributed by atoms with Crippen molar-refractivity contribution in [1.82, 2.24) is 35.2 Å². The number of halogens is 9. The van der Waals surface area contributed by atoms with Gasteiger partial charge in [0, 0.05) is 17.3 Å². The molecule has 0 bridgehead atoms. The number of alkyl halides is 8. The number of carbonyl (C=O) groups excluding carboxylic acids is 2. The number of hydrogen-bond acceptors (Lipinski definition) is 8. The zero-order valence-electron chi connectivity index (χ0n) is 28.1. The summed E-state index contributed by atoms with van der Waals surface area (Å²) >= 11 is 6.41. The van der Waals surface area contributed by atoms with E-state index >= 15 is 0 Å². The highest BCUT2D eigenvalue weighted by atomic mass is 35.5. The third kappa shape index (κ3) is 7.05. The largest absolute Gasteiger partial charge is 0.447 e. The van der Waals surface area contributed by atoms with E-state index in [1.807, 2.05) is 5.32 Å². The molecule has 0 spiro atoms. The number of alkyl carbamates (subject to hydrolysis) is 1. The molecule has 2 aromatic heterocycles. The fraction of sp³-hybridized carbons (Fsp3) is 0.394. The monoisotopic (exact) mass is 787 g/mol. The summed E-state index contributed by atoms with van der Waals surface area (Å²) in [7, 11) is 0. The van der Waals surface area contributed by atoms with Crippen LogP contribution in [0.25, 0.3) is 22.5 Å². The number of aliphatic imine (C=N–C) groups is 1. The number of hydrogen-bond donors (Lipinski definition) is 3. The Hall–Kier alpha value is -5.27. The number of amides is 2. The number of nitrogens with two attached hydrogens (primary N) is 1. The fourth-order valence-corrected chi connectivity index (χ4v) is 6.36. The average molecular weight is 788 g/mol. The molecule has 21 heteroatoms. The van der Waals surface area contributed by atoms with Crippen LogP contribution in [0.5, 0.6) is 0 Å². The summed E-state index contributed by atoms with van der Waals surface area (Å²) < 4.78 is 116. The molecule has 3 heterocycles. The molecular formula is C33H30ClF8N9O3. The Morgan fingerprint density at radius 3 is 2.31 bits per heavy atom. The molecule has 0 saturated heterocycles. The number of aromatic nitrogens is 5. The van der Waals surface area contributed by atoms with E-state index in [0.29, 0.717) is 10.2 Å². The number of benzene rings is 2. The van der Waals surface area contributed by atoms with E-state index in [-0.39, 0.29) is 45.9 Å². The molecule has 1 aliphatic heterocycles. The third-order valence-electron chi connectivity index (χ3n) is 9.45. The Bertz CT molecular complexity index is 2060. The van der Waals surface area contributed by atoms with Crippen LogP contribution in [-0.2, 0) is 15.1 Å². The summed E-state index contributed by atoms with van der Waals surface area (Å²) in [5.74, 6) is -1.52. The van der Waals surface area contributed by atoms with Gasteiger partial charge in [0.05, 0.1) is 22.7 Å². The maximum Gasteiger partial charge on any atom is 0.411 e. The van der Waals surface area contributed by atoms with Gasteiger partial charge in [-0.05, 0) is 48.1 Å².